The van der Waals surface area contributed by atoms with Gasteiger partial charge in [0.2, 0.25) is 12.2 Å². The number of nitrogens with one attached hydrogen (secondary N) is 1. The first-order chi connectivity index (χ1) is 11.5. The molecular weight excluding hydrogens is 318 g/mol. The summed E-state index contributed by atoms with van der Waals surface area (Å²) in [6, 6.07) is 3.09. The van der Waals surface area contributed by atoms with Gasteiger partial charge in [-0.25, -0.2) is 0 Å². The van der Waals surface area contributed by atoms with Gasteiger partial charge >= 0.3 is 5.97 Å². The maximum absolute atomic E-state index is 12.6. The van der Waals surface area contributed by atoms with Crippen molar-refractivity contribution in [3.63, 3.8) is 0 Å². The number of allylic oxidation sites excluding steroid dienone is 1. The van der Waals surface area contributed by atoms with Gasteiger partial charge in [-0.3, -0.25) is 19.1 Å². The fraction of sp³-hybridized carbons (Fsp3) is 0.200. The number of amides is 1. The monoisotopic (exact) mass is 331 g/mol. The first kappa shape index (κ1) is 15.5. The predicted molar refractivity (Wildman–Crippen MR) is 82.3 cm³/mol. The Bertz CT molecular complexity index is 918. The highest BCUT2D eigenvalue weighted by molar-refractivity contribution is 5.97. The number of aromatic nitrogens is 2. The fourth-order valence-electron chi connectivity index (χ4n) is 2.32. The van der Waals surface area contributed by atoms with Crippen molar-refractivity contribution in [1.82, 2.24) is 15.1 Å². The number of ether oxygens (including phenoxy) is 2. The summed E-state index contributed by atoms with van der Waals surface area (Å²) in [7, 11) is 0. The summed E-state index contributed by atoms with van der Waals surface area (Å²) in [5.41, 5.74) is -0.560. The molecule has 3 rings (SSSR count). The van der Waals surface area contributed by atoms with Gasteiger partial charge in [0.05, 0.1) is 17.4 Å². The normalized spacial score (nSPS) is 12.2. The molecular formula is C15H13N3O6. The summed E-state index contributed by atoms with van der Waals surface area (Å²) in [6.07, 6.45) is 1.56. The van der Waals surface area contributed by atoms with Gasteiger partial charge in [0.15, 0.2) is 17.2 Å². The number of hydrogen-bond donors (Lipinski definition) is 2. The highest BCUT2D eigenvalue weighted by atomic mass is 16.7. The second-order valence-electron chi connectivity index (χ2n) is 4.95. The summed E-state index contributed by atoms with van der Waals surface area (Å²) in [5.74, 6) is -1.21. The number of fused-ring (bicyclic) bond motifs is 2. The van der Waals surface area contributed by atoms with E-state index in [9.17, 15) is 14.4 Å². The Kier molecular flexibility index (Phi) is 3.90. The highest BCUT2D eigenvalue weighted by Crippen LogP contribution is 2.34. The number of hydrogen-bond acceptors (Lipinski definition) is 6. The number of carbonyl (C=O) groups is 2. The lowest BCUT2D eigenvalue weighted by Crippen LogP contribution is -2.35. The zero-order valence-electron chi connectivity index (χ0n) is 12.4. The lowest BCUT2D eigenvalue weighted by atomic mass is 10.1. The highest BCUT2D eigenvalue weighted by Gasteiger charge is 2.22. The quantitative estimate of drug-likeness (QED) is 0.747. The molecule has 0 unspecified atom stereocenters. The van der Waals surface area contributed by atoms with Crippen LogP contribution in [0.2, 0.25) is 0 Å². The molecule has 1 aliphatic rings. The van der Waals surface area contributed by atoms with Gasteiger partial charge in [0.1, 0.15) is 6.54 Å². The average Bonchev–Trinajstić information content (AvgIpc) is 3.01. The van der Waals surface area contributed by atoms with Gasteiger partial charge in [0.25, 0.3) is 5.91 Å². The summed E-state index contributed by atoms with van der Waals surface area (Å²) in [5, 5.41) is 15.0. The van der Waals surface area contributed by atoms with Crippen LogP contribution in [0.1, 0.15) is 10.5 Å². The number of carbonyl (C=O) groups excluding carboxylic acids is 1. The molecule has 24 heavy (non-hydrogen) atoms. The van der Waals surface area contributed by atoms with E-state index in [2.05, 4.69) is 17.0 Å². The Morgan fingerprint density at radius 2 is 2.08 bits per heavy atom. The molecule has 124 valence electrons. The molecule has 0 fully saturated rings. The molecule has 1 aromatic carbocycles. The van der Waals surface area contributed by atoms with Crippen LogP contribution in [-0.2, 0) is 11.3 Å². The molecule has 0 radical (unpaired) electrons. The van der Waals surface area contributed by atoms with Crippen molar-refractivity contribution >= 4 is 22.8 Å². The fourth-order valence-corrected chi connectivity index (χ4v) is 2.32. The molecule has 0 saturated carbocycles. The van der Waals surface area contributed by atoms with Gasteiger partial charge in [-0.15, -0.1) is 6.58 Å². The molecule has 0 spiro atoms. The SMILES string of the molecule is C=CCn1nc(C(=O)NCC(=O)O)c(=O)c2cc3c(cc21)OCO3. The number of aliphatic carboxylic acids is 1. The Labute approximate surface area is 135 Å². The number of carboxylic acids is 1. The average molecular weight is 331 g/mol. The molecule has 0 atom stereocenters. The van der Waals surface area contributed by atoms with Gasteiger partial charge in [-0.2, -0.15) is 5.10 Å². The van der Waals surface area contributed by atoms with Crippen LogP contribution in [0, 0.1) is 0 Å². The van der Waals surface area contributed by atoms with E-state index < -0.39 is 29.5 Å². The van der Waals surface area contributed by atoms with E-state index in [-0.39, 0.29) is 18.7 Å². The van der Waals surface area contributed by atoms with Crippen LogP contribution in [0.3, 0.4) is 0 Å². The largest absolute Gasteiger partial charge is 0.480 e. The Morgan fingerprint density at radius 3 is 2.75 bits per heavy atom. The third-order valence-electron chi connectivity index (χ3n) is 3.37. The first-order valence-corrected chi connectivity index (χ1v) is 6.96. The van der Waals surface area contributed by atoms with E-state index in [0.29, 0.717) is 17.0 Å². The summed E-state index contributed by atoms with van der Waals surface area (Å²) < 4.78 is 12.0. The summed E-state index contributed by atoms with van der Waals surface area (Å²) >= 11 is 0. The van der Waals surface area contributed by atoms with Crippen molar-refractivity contribution in [2.45, 2.75) is 6.54 Å². The van der Waals surface area contributed by atoms with Crippen molar-refractivity contribution < 1.29 is 24.2 Å². The smallest absolute Gasteiger partial charge is 0.322 e. The Hall–Kier alpha value is -3.36. The maximum atomic E-state index is 12.6. The molecule has 9 nitrogen and oxygen atoms in total. The van der Waals surface area contributed by atoms with Crippen LogP contribution in [0.15, 0.2) is 29.6 Å². The molecule has 9 heteroatoms. The molecule has 1 aliphatic heterocycles. The molecule has 1 amide bonds. The zero-order chi connectivity index (χ0) is 17.3. The molecule has 0 saturated heterocycles. The first-order valence-electron chi connectivity index (χ1n) is 6.96. The van der Waals surface area contributed by atoms with Crippen LogP contribution >= 0.6 is 0 Å². The maximum Gasteiger partial charge on any atom is 0.322 e. The van der Waals surface area contributed by atoms with Crippen LogP contribution in [-0.4, -0.2) is 40.1 Å². The van der Waals surface area contributed by atoms with Crippen molar-refractivity contribution in [1.29, 1.82) is 0 Å². The predicted octanol–water partition coefficient (Wildman–Crippen LogP) is 0.126. The van der Waals surface area contributed by atoms with Gasteiger partial charge in [-0.05, 0) is 6.07 Å². The molecule has 2 N–H and O–H groups in total. The molecule has 0 aliphatic carbocycles. The van der Waals surface area contributed by atoms with Crippen LogP contribution in [0.5, 0.6) is 11.5 Å². The van der Waals surface area contributed by atoms with Crippen LogP contribution in [0.4, 0.5) is 0 Å². The number of nitrogens with zero attached hydrogens (tertiary/aromatic N) is 2. The number of rotatable bonds is 5. The topological polar surface area (TPSA) is 120 Å². The van der Waals surface area contributed by atoms with E-state index in [1.54, 1.807) is 12.1 Å². The molecule has 2 heterocycles. The summed E-state index contributed by atoms with van der Waals surface area (Å²) in [6.45, 7) is 3.30. The minimum atomic E-state index is -1.22. The molecule has 1 aromatic heterocycles. The standard InChI is InChI=1S/C15H13N3O6/c1-2-3-18-9-5-11-10(23-7-24-11)4-8(9)14(21)13(17-18)15(22)16-6-12(19)20/h2,4-5H,1,3,6-7H2,(H,16,22)(H,19,20). The Balaban J connectivity index is 2.17. The van der Waals surface area contributed by atoms with Crippen molar-refractivity contribution in [2.75, 3.05) is 13.3 Å². The zero-order valence-corrected chi connectivity index (χ0v) is 12.4. The lowest BCUT2D eigenvalue weighted by Gasteiger charge is -2.11. The van der Waals surface area contributed by atoms with Crippen LogP contribution in [0.25, 0.3) is 10.9 Å². The van der Waals surface area contributed by atoms with Gasteiger partial charge in [-0.1, -0.05) is 6.08 Å². The van der Waals surface area contributed by atoms with Crippen molar-refractivity contribution in [3.8, 4) is 11.5 Å². The van der Waals surface area contributed by atoms with Gasteiger partial charge in [0, 0.05) is 6.07 Å². The van der Waals surface area contributed by atoms with E-state index in [4.69, 9.17) is 14.6 Å². The number of carboxylic acid groups (broad SMARTS) is 1. The molecule has 0 bridgehead atoms. The van der Waals surface area contributed by atoms with E-state index in [0.717, 1.165) is 0 Å². The Morgan fingerprint density at radius 1 is 1.38 bits per heavy atom. The minimum Gasteiger partial charge on any atom is -0.480 e. The van der Waals surface area contributed by atoms with Crippen molar-refractivity contribution in [2.24, 2.45) is 0 Å². The van der Waals surface area contributed by atoms with Crippen molar-refractivity contribution in [3.05, 3.63) is 40.7 Å². The summed E-state index contributed by atoms with van der Waals surface area (Å²) in [4.78, 5) is 35.2. The number of benzene rings is 1. The van der Waals surface area contributed by atoms with Crippen LogP contribution < -0.4 is 20.2 Å². The lowest BCUT2D eigenvalue weighted by molar-refractivity contribution is -0.135. The third-order valence-corrected chi connectivity index (χ3v) is 3.37. The second-order valence-corrected chi connectivity index (χ2v) is 4.95. The second kappa shape index (κ2) is 6.03. The van der Waals surface area contributed by atoms with E-state index in [1.165, 1.54) is 10.7 Å². The van der Waals surface area contributed by atoms with E-state index >= 15 is 0 Å². The van der Waals surface area contributed by atoms with Gasteiger partial charge < -0.3 is 19.9 Å². The third kappa shape index (κ3) is 2.67. The molecule has 2 aromatic rings. The minimum absolute atomic E-state index is 0.0423. The van der Waals surface area contributed by atoms with E-state index in [1.807, 2.05) is 0 Å².